The zero-order valence-corrected chi connectivity index (χ0v) is 28.6. The molecule has 1 aromatic heterocycles. The van der Waals surface area contributed by atoms with Gasteiger partial charge in [-0.05, 0) is 93.7 Å². The molecule has 0 N–H and O–H groups in total. The first-order chi connectivity index (χ1) is 25.0. The van der Waals surface area contributed by atoms with Crippen LogP contribution >= 0.6 is 0 Å². The molecule has 0 atom stereocenters. The highest BCUT2D eigenvalue weighted by Gasteiger charge is 2.15. The van der Waals surface area contributed by atoms with Crippen molar-refractivity contribution in [3.63, 3.8) is 0 Å². The van der Waals surface area contributed by atoms with Crippen molar-refractivity contribution in [2.75, 3.05) is 0 Å². The van der Waals surface area contributed by atoms with Crippen LogP contribution in [0.1, 0.15) is 29.2 Å². The minimum Gasteiger partial charge on any atom is -0.309 e. The lowest BCUT2D eigenvalue weighted by Gasteiger charge is -2.13. The number of amidine groups is 1. The van der Waals surface area contributed by atoms with Crippen molar-refractivity contribution in [1.82, 2.24) is 4.57 Å². The summed E-state index contributed by atoms with van der Waals surface area (Å²) in [6, 6.07) is 58.1. The minimum absolute atomic E-state index is 0.625. The fourth-order valence-corrected chi connectivity index (χ4v) is 7.51. The molecule has 9 aromatic rings. The lowest BCUT2D eigenvalue weighted by Crippen LogP contribution is -2.05. The molecule has 51 heavy (non-hydrogen) atoms. The molecule has 0 amide bonds. The molecule has 0 radical (unpaired) electrons. The first-order valence-corrected chi connectivity index (χ1v) is 17.4. The molecule has 0 spiro atoms. The van der Waals surface area contributed by atoms with Crippen LogP contribution in [0, 0.1) is 6.92 Å². The molecule has 0 bridgehead atoms. The van der Waals surface area contributed by atoms with E-state index in [4.69, 9.17) is 9.98 Å². The lowest BCUT2D eigenvalue weighted by atomic mass is 9.93. The number of nitrogens with zero attached hydrogens (tertiary/aromatic N) is 3. The monoisotopic (exact) mass is 653 g/mol. The molecule has 9 rings (SSSR count). The summed E-state index contributed by atoms with van der Waals surface area (Å²) in [5, 5.41) is 9.82. The van der Waals surface area contributed by atoms with Gasteiger partial charge in [0.15, 0.2) is 5.84 Å². The first-order valence-electron chi connectivity index (χ1n) is 17.4. The van der Waals surface area contributed by atoms with Crippen molar-refractivity contribution in [2.45, 2.75) is 13.8 Å². The third kappa shape index (κ3) is 5.31. The topological polar surface area (TPSA) is 29.6 Å². The summed E-state index contributed by atoms with van der Waals surface area (Å²) in [5.41, 5.74) is 9.10. The number of aryl methyl sites for hydroxylation is 1. The number of aliphatic imine (C=N–C) groups is 2. The largest absolute Gasteiger partial charge is 0.309 e. The van der Waals surface area contributed by atoms with Gasteiger partial charge in [0.25, 0.3) is 0 Å². The maximum Gasteiger partial charge on any atom is 0.160 e. The van der Waals surface area contributed by atoms with Crippen LogP contribution < -0.4 is 0 Å². The summed E-state index contributed by atoms with van der Waals surface area (Å²) in [6.07, 6.45) is 0. The van der Waals surface area contributed by atoms with Crippen LogP contribution in [-0.2, 0) is 0 Å². The van der Waals surface area contributed by atoms with Crippen molar-refractivity contribution < 1.29 is 0 Å². The second kappa shape index (κ2) is 12.4. The normalized spacial score (nSPS) is 12.4. The van der Waals surface area contributed by atoms with Gasteiger partial charge in [0.1, 0.15) is 0 Å². The quantitative estimate of drug-likeness (QED) is 0.101. The Morgan fingerprint density at radius 1 is 0.451 bits per heavy atom. The van der Waals surface area contributed by atoms with E-state index < -0.39 is 0 Å². The van der Waals surface area contributed by atoms with Crippen molar-refractivity contribution in [3.8, 4) is 5.69 Å². The van der Waals surface area contributed by atoms with Gasteiger partial charge in [-0.3, -0.25) is 0 Å². The highest BCUT2D eigenvalue weighted by atomic mass is 15.0. The van der Waals surface area contributed by atoms with E-state index in [0.29, 0.717) is 11.5 Å². The standard InChI is InChI=1S/C48H35N3/c1-31-14-12-15-34(28-31)32(2)49-48(36-26-27-42-40-20-5-4-18-38(40)39-19-6-7-21-41(39)45(42)30-36)50-33(3)35-16-13-17-37(29-35)51-46-24-10-8-22-43(46)44-23-9-11-25-47(44)51/h4-30H,2H2,1,3H3. The van der Waals surface area contributed by atoms with E-state index in [1.165, 1.54) is 54.1 Å². The molecule has 242 valence electrons. The number of para-hydroxylation sites is 2. The van der Waals surface area contributed by atoms with Gasteiger partial charge < -0.3 is 4.57 Å². The Hall–Kier alpha value is -6.58. The molecule has 3 heteroatoms. The van der Waals surface area contributed by atoms with Gasteiger partial charge >= 0.3 is 0 Å². The zero-order chi connectivity index (χ0) is 34.5. The van der Waals surface area contributed by atoms with Crippen molar-refractivity contribution in [2.24, 2.45) is 9.98 Å². The summed E-state index contributed by atoms with van der Waals surface area (Å²) >= 11 is 0. The van der Waals surface area contributed by atoms with Crippen molar-refractivity contribution in [3.05, 3.63) is 193 Å². The van der Waals surface area contributed by atoms with E-state index in [2.05, 4.69) is 183 Å². The van der Waals surface area contributed by atoms with Crippen LogP contribution in [0.3, 0.4) is 0 Å². The number of rotatable bonds is 5. The van der Waals surface area contributed by atoms with E-state index in [1.54, 1.807) is 0 Å². The summed E-state index contributed by atoms with van der Waals surface area (Å²) in [6.45, 7) is 8.57. The molecule has 0 aliphatic heterocycles. The Bertz CT molecular complexity index is 2810. The smallest absolute Gasteiger partial charge is 0.160 e. The predicted octanol–water partition coefficient (Wildman–Crippen LogP) is 12.5. The van der Waals surface area contributed by atoms with Gasteiger partial charge in [0, 0.05) is 27.7 Å². The Balaban J connectivity index is 1.22. The Kier molecular flexibility index (Phi) is 7.40. The highest BCUT2D eigenvalue weighted by molar-refractivity contribution is 6.26. The molecular formula is C48H35N3. The SMILES string of the molecule is C=C(N=C(N=C(C)c1cccc(-n2c3ccccc3c3ccccc32)c1)c1ccc2c3ccccc3c3ccccc3c2c1)c1cccc(C)c1. The number of benzene rings is 8. The van der Waals surface area contributed by atoms with Crippen molar-refractivity contribution >= 4 is 71.4 Å². The Labute approximate surface area is 297 Å². The number of aromatic nitrogens is 1. The first kappa shape index (κ1) is 30.5. The number of hydrogen-bond donors (Lipinski definition) is 0. The summed E-state index contributed by atoms with van der Waals surface area (Å²) in [7, 11) is 0. The van der Waals surface area contributed by atoms with Gasteiger partial charge in [-0.2, -0.15) is 0 Å². The molecule has 0 aliphatic carbocycles. The van der Waals surface area contributed by atoms with E-state index in [-0.39, 0.29) is 0 Å². The molecular weight excluding hydrogens is 619 g/mol. The van der Waals surface area contributed by atoms with E-state index in [9.17, 15) is 0 Å². The van der Waals surface area contributed by atoms with E-state index in [0.717, 1.165) is 33.7 Å². The third-order valence-corrected chi connectivity index (χ3v) is 9.97. The van der Waals surface area contributed by atoms with Crippen LogP contribution in [0.25, 0.3) is 65.5 Å². The number of fused-ring (bicyclic) bond motifs is 9. The molecule has 8 aromatic carbocycles. The van der Waals surface area contributed by atoms with Crippen LogP contribution in [0.5, 0.6) is 0 Å². The van der Waals surface area contributed by atoms with Gasteiger partial charge in [-0.1, -0.05) is 140 Å². The predicted molar refractivity (Wildman–Crippen MR) is 219 cm³/mol. The fraction of sp³-hybridized carbons (Fsp3) is 0.0417. The van der Waals surface area contributed by atoms with Crippen LogP contribution in [0.4, 0.5) is 0 Å². The van der Waals surface area contributed by atoms with Gasteiger partial charge in [0.2, 0.25) is 0 Å². The second-order valence-electron chi connectivity index (χ2n) is 13.2. The maximum absolute atomic E-state index is 5.30. The van der Waals surface area contributed by atoms with Crippen LogP contribution in [-0.4, -0.2) is 16.1 Å². The summed E-state index contributed by atoms with van der Waals surface area (Å²) in [5.74, 6) is 0.625. The highest BCUT2D eigenvalue weighted by Crippen LogP contribution is 2.36. The van der Waals surface area contributed by atoms with Gasteiger partial charge in [-0.15, -0.1) is 0 Å². The van der Waals surface area contributed by atoms with Gasteiger partial charge in [-0.25, -0.2) is 9.98 Å². The van der Waals surface area contributed by atoms with E-state index in [1.807, 2.05) is 6.07 Å². The lowest BCUT2D eigenvalue weighted by molar-refractivity contribution is 1.18. The zero-order valence-electron chi connectivity index (χ0n) is 28.6. The maximum atomic E-state index is 5.30. The average molecular weight is 654 g/mol. The minimum atomic E-state index is 0.625. The van der Waals surface area contributed by atoms with Crippen LogP contribution in [0.15, 0.2) is 180 Å². The molecule has 0 saturated carbocycles. The summed E-state index contributed by atoms with van der Waals surface area (Å²) in [4.78, 5) is 10.5. The second-order valence-corrected chi connectivity index (χ2v) is 13.2. The molecule has 3 nitrogen and oxygen atoms in total. The fourth-order valence-electron chi connectivity index (χ4n) is 7.51. The average Bonchev–Trinajstić information content (AvgIpc) is 3.52. The molecule has 0 fully saturated rings. The molecule has 0 aliphatic rings. The van der Waals surface area contributed by atoms with Crippen molar-refractivity contribution in [1.29, 1.82) is 0 Å². The Morgan fingerprint density at radius 2 is 0.980 bits per heavy atom. The molecule has 0 saturated heterocycles. The van der Waals surface area contributed by atoms with E-state index >= 15 is 0 Å². The van der Waals surface area contributed by atoms with Crippen LogP contribution in [0.2, 0.25) is 0 Å². The summed E-state index contributed by atoms with van der Waals surface area (Å²) < 4.78 is 2.34. The number of hydrogen-bond acceptors (Lipinski definition) is 1. The third-order valence-electron chi connectivity index (χ3n) is 9.97. The van der Waals surface area contributed by atoms with Gasteiger partial charge in [0.05, 0.1) is 16.7 Å². The molecule has 0 unspecified atom stereocenters. The molecule has 1 heterocycles. The Morgan fingerprint density at radius 3 is 1.61 bits per heavy atom.